The minimum absolute atomic E-state index is 0.0791. The minimum Gasteiger partial charge on any atom is -0.378 e. The second-order valence-electron chi connectivity index (χ2n) is 7.31. The summed E-state index contributed by atoms with van der Waals surface area (Å²) in [5.74, 6) is 1.81. The second-order valence-corrected chi connectivity index (χ2v) is 8.36. The lowest BCUT2D eigenvalue weighted by atomic mass is 9.99. The molecule has 1 aliphatic heterocycles. The van der Waals surface area contributed by atoms with Gasteiger partial charge in [0.2, 0.25) is 0 Å². The zero-order chi connectivity index (χ0) is 19.7. The Morgan fingerprint density at radius 3 is 2.75 bits per heavy atom. The van der Waals surface area contributed by atoms with E-state index in [0.29, 0.717) is 0 Å². The number of benzene rings is 1. The van der Waals surface area contributed by atoms with Crippen LogP contribution in [-0.2, 0) is 0 Å². The van der Waals surface area contributed by atoms with Gasteiger partial charge >= 0.3 is 0 Å². The fourth-order valence-electron chi connectivity index (χ4n) is 3.63. The maximum absolute atomic E-state index is 8.16. The number of piperidine rings is 1. The highest BCUT2D eigenvalue weighted by atomic mass is 32.2. The Morgan fingerprint density at radius 2 is 2.00 bits per heavy atom. The number of amidine groups is 1. The van der Waals surface area contributed by atoms with E-state index >= 15 is 0 Å². The summed E-state index contributed by atoms with van der Waals surface area (Å²) < 4.78 is 0. The zero-order valence-electron chi connectivity index (χ0n) is 15.8. The van der Waals surface area contributed by atoms with E-state index in [0.717, 1.165) is 64.3 Å². The molecule has 3 aromatic rings. The standard InChI is InChI=1S/C21H24N6S/c1-13-7-9-27(10-8-13)19-4-2-3-18(26-19)16-12-25-17-6-5-14(11-15(16)17)20(22)28-21(23)24/h2-6,11-13,22,25H,7-10H2,1H3,(H3,23,24). The van der Waals surface area contributed by atoms with Crippen LogP contribution in [0.4, 0.5) is 5.82 Å². The fraction of sp³-hybridized carbons (Fsp3) is 0.286. The van der Waals surface area contributed by atoms with Gasteiger partial charge in [-0.3, -0.25) is 10.8 Å². The highest BCUT2D eigenvalue weighted by Gasteiger charge is 2.18. The number of anilines is 1. The largest absolute Gasteiger partial charge is 0.378 e. The van der Waals surface area contributed by atoms with Crippen LogP contribution in [0.3, 0.4) is 0 Å². The molecular weight excluding hydrogens is 368 g/mol. The molecule has 1 fully saturated rings. The number of nitrogens with two attached hydrogens (primary N) is 1. The fourth-order valence-corrected chi connectivity index (χ4v) is 4.09. The van der Waals surface area contributed by atoms with E-state index in [1.807, 2.05) is 30.5 Å². The summed E-state index contributed by atoms with van der Waals surface area (Å²) in [5, 5.41) is 16.8. The number of aromatic amines is 1. The van der Waals surface area contributed by atoms with Crippen LogP contribution < -0.4 is 10.6 Å². The molecule has 1 saturated heterocycles. The van der Waals surface area contributed by atoms with E-state index in [2.05, 4.69) is 28.9 Å². The van der Waals surface area contributed by atoms with Crippen LogP contribution in [0.25, 0.3) is 22.2 Å². The average molecular weight is 393 g/mol. The van der Waals surface area contributed by atoms with Crippen LogP contribution in [0, 0.1) is 16.7 Å². The first-order valence-corrected chi connectivity index (χ1v) is 10.3. The summed E-state index contributed by atoms with van der Waals surface area (Å²) in [4.78, 5) is 10.6. The number of rotatable bonds is 3. The molecule has 1 aliphatic rings. The topological polar surface area (TPSA) is 106 Å². The highest BCUT2D eigenvalue weighted by Crippen LogP contribution is 2.31. The molecule has 0 aliphatic carbocycles. The second kappa shape index (κ2) is 7.67. The number of fused-ring (bicyclic) bond motifs is 1. The van der Waals surface area contributed by atoms with E-state index in [9.17, 15) is 0 Å². The van der Waals surface area contributed by atoms with Crippen LogP contribution in [0.15, 0.2) is 42.6 Å². The molecule has 4 rings (SSSR count). The normalized spacial score (nSPS) is 15.1. The van der Waals surface area contributed by atoms with Gasteiger partial charge in [0.15, 0.2) is 5.17 Å². The molecule has 5 N–H and O–H groups in total. The van der Waals surface area contributed by atoms with Crippen molar-refractivity contribution in [2.75, 3.05) is 18.0 Å². The quantitative estimate of drug-likeness (QED) is 0.391. The number of thioether (sulfide) groups is 1. The van der Waals surface area contributed by atoms with E-state index in [1.165, 1.54) is 12.8 Å². The van der Waals surface area contributed by atoms with Crippen molar-refractivity contribution < 1.29 is 0 Å². The lowest BCUT2D eigenvalue weighted by molar-refractivity contribution is 0.436. The van der Waals surface area contributed by atoms with E-state index in [-0.39, 0.29) is 10.2 Å². The molecule has 0 saturated carbocycles. The van der Waals surface area contributed by atoms with Gasteiger partial charge < -0.3 is 15.6 Å². The Bertz CT molecular complexity index is 1030. The van der Waals surface area contributed by atoms with E-state index in [1.54, 1.807) is 0 Å². The number of hydrogen-bond acceptors (Lipinski definition) is 5. The number of H-pyrrole nitrogens is 1. The summed E-state index contributed by atoms with van der Waals surface area (Å²) in [6, 6.07) is 12.0. The number of hydrogen-bond donors (Lipinski definition) is 4. The van der Waals surface area contributed by atoms with Crippen LogP contribution in [0.2, 0.25) is 0 Å². The number of aromatic nitrogens is 2. The molecule has 3 heterocycles. The lowest BCUT2D eigenvalue weighted by Crippen LogP contribution is -2.33. The molecule has 144 valence electrons. The monoisotopic (exact) mass is 392 g/mol. The van der Waals surface area contributed by atoms with Crippen molar-refractivity contribution in [2.24, 2.45) is 11.7 Å². The molecule has 0 radical (unpaired) electrons. The maximum Gasteiger partial charge on any atom is 0.157 e. The van der Waals surface area contributed by atoms with Crippen LogP contribution in [-0.4, -0.2) is 33.3 Å². The summed E-state index contributed by atoms with van der Waals surface area (Å²) in [7, 11) is 0. The molecule has 0 bridgehead atoms. The molecule has 1 aromatic carbocycles. The summed E-state index contributed by atoms with van der Waals surface area (Å²) in [6.07, 6.45) is 4.39. The van der Waals surface area contributed by atoms with Crippen LogP contribution in [0.1, 0.15) is 25.3 Å². The lowest BCUT2D eigenvalue weighted by Gasteiger charge is -2.31. The van der Waals surface area contributed by atoms with Crippen molar-refractivity contribution in [3.63, 3.8) is 0 Å². The Morgan fingerprint density at radius 1 is 1.21 bits per heavy atom. The number of pyridine rings is 1. The predicted molar refractivity (Wildman–Crippen MR) is 118 cm³/mol. The first-order valence-electron chi connectivity index (χ1n) is 9.45. The summed E-state index contributed by atoms with van der Waals surface area (Å²) in [5.41, 5.74) is 9.11. The van der Waals surface area contributed by atoms with E-state index < -0.39 is 0 Å². The van der Waals surface area contributed by atoms with Crippen molar-refractivity contribution in [3.8, 4) is 11.3 Å². The van der Waals surface area contributed by atoms with Crippen molar-refractivity contribution in [2.45, 2.75) is 19.8 Å². The molecule has 0 spiro atoms. The molecule has 0 unspecified atom stereocenters. The van der Waals surface area contributed by atoms with Gasteiger partial charge in [0.1, 0.15) is 10.9 Å². The van der Waals surface area contributed by atoms with Gasteiger partial charge in [0.25, 0.3) is 0 Å². The number of nitrogens with zero attached hydrogens (tertiary/aromatic N) is 2. The van der Waals surface area contributed by atoms with Crippen LogP contribution >= 0.6 is 11.8 Å². The minimum atomic E-state index is -0.0791. The van der Waals surface area contributed by atoms with Gasteiger partial charge in [0.05, 0.1) is 5.69 Å². The molecule has 6 nitrogen and oxygen atoms in total. The Kier molecular flexibility index (Phi) is 5.09. The van der Waals surface area contributed by atoms with Crippen molar-refractivity contribution in [1.29, 1.82) is 10.8 Å². The van der Waals surface area contributed by atoms with Gasteiger partial charge in [-0.25, -0.2) is 4.98 Å². The molecule has 0 atom stereocenters. The zero-order valence-corrected chi connectivity index (χ0v) is 16.6. The first-order chi connectivity index (χ1) is 13.5. The van der Waals surface area contributed by atoms with Gasteiger partial charge in [-0.05, 0) is 54.8 Å². The third-order valence-electron chi connectivity index (χ3n) is 5.27. The maximum atomic E-state index is 8.16. The molecule has 7 heteroatoms. The Labute approximate surface area is 168 Å². The average Bonchev–Trinajstić information content (AvgIpc) is 3.11. The predicted octanol–water partition coefficient (Wildman–Crippen LogP) is 4.42. The van der Waals surface area contributed by atoms with Crippen molar-refractivity contribution >= 4 is 38.7 Å². The van der Waals surface area contributed by atoms with Gasteiger partial charge in [0, 0.05) is 41.3 Å². The Hall–Kier alpha value is -2.80. The van der Waals surface area contributed by atoms with Crippen LogP contribution in [0.5, 0.6) is 0 Å². The third kappa shape index (κ3) is 3.75. The van der Waals surface area contributed by atoms with Gasteiger partial charge in [-0.1, -0.05) is 19.1 Å². The van der Waals surface area contributed by atoms with Crippen molar-refractivity contribution in [3.05, 3.63) is 48.2 Å². The molecular formula is C21H24N6S. The Balaban J connectivity index is 1.68. The third-order valence-corrected chi connectivity index (χ3v) is 5.93. The van der Waals surface area contributed by atoms with Gasteiger partial charge in [-0.15, -0.1) is 0 Å². The molecule has 28 heavy (non-hydrogen) atoms. The highest BCUT2D eigenvalue weighted by molar-refractivity contribution is 8.26. The molecule has 0 amide bonds. The summed E-state index contributed by atoms with van der Waals surface area (Å²) in [6.45, 7) is 4.41. The summed E-state index contributed by atoms with van der Waals surface area (Å²) >= 11 is 0.954. The smallest absolute Gasteiger partial charge is 0.157 e. The molecule has 2 aromatic heterocycles. The first kappa shape index (κ1) is 18.6. The van der Waals surface area contributed by atoms with Gasteiger partial charge in [-0.2, -0.15) is 0 Å². The van der Waals surface area contributed by atoms with Crippen molar-refractivity contribution in [1.82, 2.24) is 9.97 Å². The number of nitrogens with one attached hydrogen (secondary N) is 3. The van der Waals surface area contributed by atoms with E-state index in [4.69, 9.17) is 21.5 Å². The SMILES string of the molecule is CC1CCN(c2cccc(-c3c[nH]c4ccc(C(=N)SC(=N)N)cc34)n2)CC1.